The van der Waals surface area contributed by atoms with Crippen molar-refractivity contribution >= 4 is 17.4 Å². The van der Waals surface area contributed by atoms with E-state index in [1.54, 1.807) is 19.2 Å². The van der Waals surface area contributed by atoms with E-state index < -0.39 is 0 Å². The van der Waals surface area contributed by atoms with Crippen LogP contribution in [0.2, 0.25) is 5.02 Å². The number of nitrogens with one attached hydrogen (secondary N) is 1. The number of hydrogen-bond acceptors (Lipinski definition) is 4. The van der Waals surface area contributed by atoms with Crippen LogP contribution in [-0.4, -0.2) is 38.7 Å². The first-order valence-corrected chi connectivity index (χ1v) is 6.20. The van der Waals surface area contributed by atoms with Crippen LogP contribution in [0.3, 0.4) is 0 Å². The number of Topliss-reactive ketones (excluding diaryl/α,β-unsaturated/α-hetero) is 1. The molecule has 0 radical (unpaired) electrons. The quantitative estimate of drug-likeness (QED) is 0.851. The van der Waals surface area contributed by atoms with E-state index in [2.05, 4.69) is 5.32 Å². The summed E-state index contributed by atoms with van der Waals surface area (Å²) in [7, 11) is 1.55. The molecule has 5 heteroatoms. The minimum Gasteiger partial charge on any atom is -0.495 e. The van der Waals surface area contributed by atoms with Gasteiger partial charge in [0.1, 0.15) is 5.75 Å². The fourth-order valence-corrected chi connectivity index (χ4v) is 2.24. The zero-order chi connectivity index (χ0) is 13.1. The number of morpholine rings is 1. The first kappa shape index (κ1) is 13.3. The van der Waals surface area contributed by atoms with Gasteiger partial charge in [-0.1, -0.05) is 11.6 Å². The van der Waals surface area contributed by atoms with Crippen LogP contribution < -0.4 is 10.1 Å². The van der Waals surface area contributed by atoms with Gasteiger partial charge in [0.2, 0.25) is 0 Å². The summed E-state index contributed by atoms with van der Waals surface area (Å²) in [5.74, 6) is 0.593. The molecule has 1 fully saturated rings. The molecule has 1 aliphatic heterocycles. The largest absolute Gasteiger partial charge is 0.495 e. The van der Waals surface area contributed by atoms with Crippen LogP contribution in [-0.2, 0) is 4.74 Å². The Morgan fingerprint density at radius 1 is 1.56 bits per heavy atom. The van der Waals surface area contributed by atoms with Crippen molar-refractivity contribution in [1.82, 2.24) is 5.32 Å². The summed E-state index contributed by atoms with van der Waals surface area (Å²) in [6, 6.07) is 3.15. The number of rotatable bonds is 3. The average Bonchev–Trinajstić information content (AvgIpc) is 2.41. The van der Waals surface area contributed by atoms with E-state index in [1.807, 2.05) is 6.92 Å². The Hall–Kier alpha value is -1.10. The van der Waals surface area contributed by atoms with Gasteiger partial charge < -0.3 is 14.8 Å². The molecule has 0 saturated carbocycles. The molecule has 1 aliphatic rings. The van der Waals surface area contributed by atoms with Crippen molar-refractivity contribution in [3.8, 4) is 5.75 Å². The van der Waals surface area contributed by atoms with Crippen LogP contribution in [0.4, 0.5) is 0 Å². The van der Waals surface area contributed by atoms with E-state index in [-0.39, 0.29) is 11.8 Å². The maximum atomic E-state index is 12.3. The van der Waals surface area contributed by atoms with Crippen molar-refractivity contribution in [2.45, 2.75) is 13.0 Å². The van der Waals surface area contributed by atoms with Crippen molar-refractivity contribution in [2.75, 3.05) is 26.9 Å². The Balaban J connectivity index is 2.27. The fraction of sp³-hybridized carbons (Fsp3) is 0.462. The number of halogens is 1. The molecule has 0 bridgehead atoms. The summed E-state index contributed by atoms with van der Waals surface area (Å²) < 4.78 is 10.4. The van der Waals surface area contributed by atoms with Crippen LogP contribution in [0.15, 0.2) is 12.1 Å². The third kappa shape index (κ3) is 2.66. The van der Waals surface area contributed by atoms with Gasteiger partial charge in [0.05, 0.1) is 31.4 Å². The molecule has 1 saturated heterocycles. The fourth-order valence-electron chi connectivity index (χ4n) is 2.00. The lowest BCUT2D eigenvalue weighted by Gasteiger charge is -2.23. The first-order chi connectivity index (χ1) is 8.63. The zero-order valence-corrected chi connectivity index (χ0v) is 11.2. The number of aryl methyl sites for hydroxylation is 1. The van der Waals surface area contributed by atoms with Crippen LogP contribution >= 0.6 is 11.6 Å². The summed E-state index contributed by atoms with van der Waals surface area (Å²) in [4.78, 5) is 12.3. The summed E-state index contributed by atoms with van der Waals surface area (Å²) >= 11 is 6.06. The Morgan fingerprint density at radius 2 is 2.33 bits per heavy atom. The molecule has 18 heavy (non-hydrogen) atoms. The summed E-state index contributed by atoms with van der Waals surface area (Å²) in [5, 5.41) is 3.59. The standard InChI is InChI=1S/C13H16ClNO3/c1-8-5-12(17-2)10(14)6-9(8)13(16)11-7-18-4-3-15-11/h5-6,11,15H,3-4,7H2,1-2H3. The molecule has 1 atom stereocenters. The van der Waals surface area contributed by atoms with E-state index in [0.717, 1.165) is 5.56 Å². The summed E-state index contributed by atoms with van der Waals surface area (Å²) in [6.45, 7) is 3.61. The van der Waals surface area contributed by atoms with Crippen molar-refractivity contribution in [3.63, 3.8) is 0 Å². The summed E-state index contributed by atoms with van der Waals surface area (Å²) in [5.41, 5.74) is 1.47. The topological polar surface area (TPSA) is 47.6 Å². The first-order valence-electron chi connectivity index (χ1n) is 5.83. The molecule has 2 rings (SSSR count). The molecule has 0 amide bonds. The molecule has 1 aromatic carbocycles. The molecule has 4 nitrogen and oxygen atoms in total. The van der Waals surface area contributed by atoms with Crippen molar-refractivity contribution < 1.29 is 14.3 Å². The monoisotopic (exact) mass is 269 g/mol. The Kier molecular flexibility index (Phi) is 4.22. The van der Waals surface area contributed by atoms with E-state index >= 15 is 0 Å². The van der Waals surface area contributed by atoms with E-state index in [9.17, 15) is 4.79 Å². The zero-order valence-electron chi connectivity index (χ0n) is 10.5. The van der Waals surface area contributed by atoms with Crippen LogP contribution in [0.25, 0.3) is 0 Å². The molecular formula is C13H16ClNO3. The van der Waals surface area contributed by atoms with Crippen LogP contribution in [0.1, 0.15) is 15.9 Å². The highest BCUT2D eigenvalue weighted by Crippen LogP contribution is 2.28. The van der Waals surface area contributed by atoms with Gasteiger partial charge in [0.25, 0.3) is 0 Å². The second-order valence-corrected chi connectivity index (χ2v) is 4.65. The molecular weight excluding hydrogens is 254 g/mol. The van der Waals surface area contributed by atoms with Gasteiger partial charge in [-0.3, -0.25) is 4.79 Å². The van der Waals surface area contributed by atoms with Gasteiger partial charge in [0, 0.05) is 12.1 Å². The highest BCUT2D eigenvalue weighted by Gasteiger charge is 2.24. The molecule has 0 aliphatic carbocycles. The van der Waals surface area contributed by atoms with E-state index in [1.165, 1.54) is 0 Å². The lowest BCUT2D eigenvalue weighted by molar-refractivity contribution is 0.0607. The minimum absolute atomic E-state index is 0.0109. The Bertz CT molecular complexity index is 456. The minimum atomic E-state index is -0.290. The normalized spacial score (nSPS) is 19.6. The Labute approximate surface area is 111 Å². The smallest absolute Gasteiger partial charge is 0.182 e. The van der Waals surface area contributed by atoms with Gasteiger partial charge in [-0.05, 0) is 24.6 Å². The highest BCUT2D eigenvalue weighted by molar-refractivity contribution is 6.32. The average molecular weight is 270 g/mol. The second-order valence-electron chi connectivity index (χ2n) is 4.25. The third-order valence-electron chi connectivity index (χ3n) is 3.00. The van der Waals surface area contributed by atoms with Crippen LogP contribution in [0, 0.1) is 6.92 Å². The van der Waals surface area contributed by atoms with E-state index in [4.69, 9.17) is 21.1 Å². The number of hydrogen-bond donors (Lipinski definition) is 1. The lowest BCUT2D eigenvalue weighted by atomic mass is 9.99. The van der Waals surface area contributed by atoms with Crippen molar-refractivity contribution in [3.05, 3.63) is 28.3 Å². The number of carbonyl (C=O) groups is 1. The third-order valence-corrected chi connectivity index (χ3v) is 3.30. The SMILES string of the molecule is COc1cc(C)c(C(=O)C2COCCN2)cc1Cl. The molecule has 0 aromatic heterocycles. The maximum absolute atomic E-state index is 12.3. The number of methoxy groups -OCH3 is 1. The number of carbonyl (C=O) groups excluding carboxylic acids is 1. The molecule has 1 aromatic rings. The number of ketones is 1. The van der Waals surface area contributed by atoms with E-state index in [0.29, 0.717) is 36.1 Å². The molecule has 1 N–H and O–H groups in total. The summed E-state index contributed by atoms with van der Waals surface area (Å²) in [6.07, 6.45) is 0. The molecule has 0 spiro atoms. The van der Waals surface area contributed by atoms with Gasteiger partial charge in [0.15, 0.2) is 5.78 Å². The molecule has 1 heterocycles. The predicted octanol–water partition coefficient (Wildman–Crippen LogP) is 1.83. The second kappa shape index (κ2) is 5.69. The number of ether oxygens (including phenoxy) is 2. The van der Waals surface area contributed by atoms with Gasteiger partial charge >= 0.3 is 0 Å². The highest BCUT2D eigenvalue weighted by atomic mass is 35.5. The van der Waals surface area contributed by atoms with Crippen molar-refractivity contribution in [2.24, 2.45) is 0 Å². The maximum Gasteiger partial charge on any atom is 0.182 e. The molecule has 98 valence electrons. The number of benzene rings is 1. The van der Waals surface area contributed by atoms with Gasteiger partial charge in [-0.25, -0.2) is 0 Å². The van der Waals surface area contributed by atoms with Crippen LogP contribution in [0.5, 0.6) is 5.75 Å². The van der Waals surface area contributed by atoms with Gasteiger partial charge in [-0.15, -0.1) is 0 Å². The van der Waals surface area contributed by atoms with Crippen molar-refractivity contribution in [1.29, 1.82) is 0 Å². The predicted molar refractivity (Wildman–Crippen MR) is 69.7 cm³/mol. The Morgan fingerprint density at radius 3 is 2.94 bits per heavy atom. The molecule has 1 unspecified atom stereocenters. The van der Waals surface area contributed by atoms with Gasteiger partial charge in [-0.2, -0.15) is 0 Å². The lowest BCUT2D eigenvalue weighted by Crippen LogP contribution is -2.46.